The first kappa shape index (κ1) is 27.7. The van der Waals surface area contributed by atoms with E-state index in [0.29, 0.717) is 41.5 Å². The molecule has 0 spiro atoms. The largest absolute Gasteiger partial charge is 0.383 e. The molecule has 10 nitrogen and oxygen atoms in total. The molecule has 38 heavy (non-hydrogen) atoms. The number of aromatic nitrogens is 4. The standard InChI is InChI=1S/C27H39N7O3Si/c1-17-7-8-23(20-11-18(2)19(3)29-12-20)33(15-17)27(36)26(35)32-22-14-30-25(28)21-13-31-34(24(21)22)16-37-9-10-38(4,5)6/h11-14,17,23H,7-10,15-16H2,1-6H3,(H2,28,30)(H,32,35)/t17-,23+/m0/s1. The Labute approximate surface area is 225 Å². The topological polar surface area (TPSA) is 128 Å². The number of piperidine rings is 1. The second kappa shape index (κ2) is 11.2. The van der Waals surface area contributed by atoms with Crippen LogP contribution in [0.15, 0.2) is 24.7 Å². The highest BCUT2D eigenvalue weighted by molar-refractivity contribution is 6.76. The minimum Gasteiger partial charge on any atom is -0.383 e. The fourth-order valence-electron chi connectivity index (χ4n) is 4.72. The van der Waals surface area contributed by atoms with Gasteiger partial charge in [-0.3, -0.25) is 14.6 Å². The van der Waals surface area contributed by atoms with Crippen LogP contribution in [0.2, 0.25) is 25.7 Å². The normalized spacial score (nSPS) is 18.1. The Morgan fingerprint density at radius 2 is 1.92 bits per heavy atom. The summed E-state index contributed by atoms with van der Waals surface area (Å²) in [5.74, 6) is -0.713. The lowest BCUT2D eigenvalue weighted by atomic mass is 9.90. The van der Waals surface area contributed by atoms with Crippen LogP contribution in [0.3, 0.4) is 0 Å². The van der Waals surface area contributed by atoms with Crippen LogP contribution in [0.4, 0.5) is 11.5 Å². The van der Waals surface area contributed by atoms with E-state index in [1.807, 2.05) is 20.0 Å². The smallest absolute Gasteiger partial charge is 0.314 e. The van der Waals surface area contributed by atoms with E-state index in [0.717, 1.165) is 35.7 Å². The third-order valence-electron chi connectivity index (χ3n) is 7.18. The lowest BCUT2D eigenvalue weighted by molar-refractivity contribution is -0.146. The van der Waals surface area contributed by atoms with Crippen molar-refractivity contribution in [1.82, 2.24) is 24.6 Å². The fourth-order valence-corrected chi connectivity index (χ4v) is 5.47. The molecule has 0 saturated carbocycles. The maximum absolute atomic E-state index is 13.5. The van der Waals surface area contributed by atoms with E-state index in [-0.39, 0.29) is 12.8 Å². The summed E-state index contributed by atoms with van der Waals surface area (Å²) in [7, 11) is -1.23. The molecule has 2 amide bonds. The summed E-state index contributed by atoms with van der Waals surface area (Å²) in [4.78, 5) is 37.2. The number of ether oxygens (including phenoxy) is 1. The SMILES string of the molecule is Cc1cc([C@H]2CC[C@H](C)CN2C(=O)C(=O)Nc2cnc(N)c3cnn(COCC[Si](C)(C)C)c23)cnc1C. The number of nitrogen functional groups attached to an aromatic ring is 1. The molecule has 0 radical (unpaired) electrons. The van der Waals surface area contributed by atoms with Gasteiger partial charge in [-0.15, -0.1) is 0 Å². The zero-order valence-electron chi connectivity index (χ0n) is 23.2. The van der Waals surface area contributed by atoms with Crippen LogP contribution in [-0.2, 0) is 21.1 Å². The summed E-state index contributed by atoms with van der Waals surface area (Å²) >= 11 is 0. The summed E-state index contributed by atoms with van der Waals surface area (Å²) in [5.41, 5.74) is 10.00. The number of hydrogen-bond donors (Lipinski definition) is 2. The number of pyridine rings is 2. The summed E-state index contributed by atoms with van der Waals surface area (Å²) in [6.45, 7) is 14.3. The van der Waals surface area contributed by atoms with Gasteiger partial charge in [0.05, 0.1) is 35.0 Å². The predicted octanol–water partition coefficient (Wildman–Crippen LogP) is 4.28. The van der Waals surface area contributed by atoms with Crippen LogP contribution in [0.25, 0.3) is 10.9 Å². The van der Waals surface area contributed by atoms with Crippen LogP contribution in [0.1, 0.15) is 42.6 Å². The van der Waals surface area contributed by atoms with Gasteiger partial charge in [-0.2, -0.15) is 5.10 Å². The van der Waals surface area contributed by atoms with Crippen molar-refractivity contribution in [3.8, 4) is 0 Å². The molecular formula is C27H39N7O3Si. The molecule has 1 aliphatic rings. The van der Waals surface area contributed by atoms with Crippen molar-refractivity contribution in [1.29, 1.82) is 0 Å². The van der Waals surface area contributed by atoms with Gasteiger partial charge in [-0.25, -0.2) is 9.67 Å². The molecule has 204 valence electrons. The number of fused-ring (bicyclic) bond motifs is 1. The van der Waals surface area contributed by atoms with Gasteiger partial charge < -0.3 is 20.7 Å². The van der Waals surface area contributed by atoms with Crippen LogP contribution in [-0.4, -0.2) is 57.7 Å². The Bertz CT molecular complexity index is 1330. The molecule has 4 heterocycles. The zero-order valence-corrected chi connectivity index (χ0v) is 24.2. The van der Waals surface area contributed by atoms with E-state index in [9.17, 15) is 9.59 Å². The second-order valence-electron chi connectivity index (χ2n) is 11.6. The molecule has 11 heteroatoms. The number of likely N-dealkylation sites (tertiary alicyclic amines) is 1. The van der Waals surface area contributed by atoms with Crippen molar-refractivity contribution in [3.63, 3.8) is 0 Å². The van der Waals surface area contributed by atoms with Crippen molar-refractivity contribution in [2.24, 2.45) is 5.92 Å². The maximum Gasteiger partial charge on any atom is 0.314 e. The number of aryl methyl sites for hydroxylation is 2. The van der Waals surface area contributed by atoms with E-state index in [4.69, 9.17) is 10.5 Å². The zero-order chi connectivity index (χ0) is 27.6. The quantitative estimate of drug-likeness (QED) is 0.262. The number of rotatable bonds is 7. The summed E-state index contributed by atoms with van der Waals surface area (Å²) in [6.07, 6.45) is 6.63. The maximum atomic E-state index is 13.5. The van der Waals surface area contributed by atoms with E-state index in [2.05, 4.69) is 53.0 Å². The Hall–Kier alpha value is -3.31. The average Bonchev–Trinajstić information content (AvgIpc) is 3.29. The Morgan fingerprint density at radius 1 is 1.16 bits per heavy atom. The molecule has 0 aliphatic carbocycles. The predicted molar refractivity (Wildman–Crippen MR) is 151 cm³/mol. The highest BCUT2D eigenvalue weighted by Gasteiger charge is 2.35. The third-order valence-corrected chi connectivity index (χ3v) is 8.88. The Kier molecular flexibility index (Phi) is 8.17. The van der Waals surface area contributed by atoms with Crippen LogP contribution in [0, 0.1) is 19.8 Å². The highest BCUT2D eigenvalue weighted by atomic mass is 28.3. The molecule has 0 aromatic carbocycles. The van der Waals surface area contributed by atoms with Crippen LogP contribution in [0.5, 0.6) is 0 Å². The van der Waals surface area contributed by atoms with Gasteiger partial charge in [0.25, 0.3) is 0 Å². The molecule has 1 fully saturated rings. The Balaban J connectivity index is 1.55. The molecule has 3 aromatic heterocycles. The first-order valence-corrected chi connectivity index (χ1v) is 16.9. The van der Waals surface area contributed by atoms with E-state index < -0.39 is 19.9 Å². The molecule has 4 rings (SSSR count). The lowest BCUT2D eigenvalue weighted by Gasteiger charge is -2.38. The number of carbonyl (C=O) groups excluding carboxylic acids is 2. The molecule has 3 aromatic rings. The minimum atomic E-state index is -1.23. The number of nitrogens with zero attached hydrogens (tertiary/aromatic N) is 5. The molecule has 2 atom stereocenters. The number of anilines is 2. The molecule has 1 saturated heterocycles. The average molecular weight is 538 g/mol. The summed E-state index contributed by atoms with van der Waals surface area (Å²) < 4.78 is 7.52. The minimum absolute atomic E-state index is 0.203. The molecule has 1 aliphatic heterocycles. The van der Waals surface area contributed by atoms with E-state index >= 15 is 0 Å². The van der Waals surface area contributed by atoms with E-state index in [1.165, 1.54) is 6.20 Å². The molecular weight excluding hydrogens is 498 g/mol. The van der Waals surface area contributed by atoms with Crippen LogP contribution >= 0.6 is 0 Å². The third kappa shape index (κ3) is 6.21. The number of nitrogens with two attached hydrogens (primary N) is 1. The summed E-state index contributed by atoms with van der Waals surface area (Å²) in [6, 6.07) is 2.89. The number of amides is 2. The van der Waals surface area contributed by atoms with Crippen molar-refractivity contribution < 1.29 is 14.3 Å². The van der Waals surface area contributed by atoms with Gasteiger partial charge in [0.15, 0.2) is 0 Å². The first-order chi connectivity index (χ1) is 17.9. The van der Waals surface area contributed by atoms with Crippen molar-refractivity contribution in [2.45, 2.75) is 72.1 Å². The van der Waals surface area contributed by atoms with Gasteiger partial charge in [-0.05, 0) is 49.8 Å². The summed E-state index contributed by atoms with van der Waals surface area (Å²) in [5, 5.41) is 7.78. The van der Waals surface area contributed by atoms with Gasteiger partial charge in [0, 0.05) is 33.1 Å². The van der Waals surface area contributed by atoms with Gasteiger partial charge in [-0.1, -0.05) is 32.6 Å². The van der Waals surface area contributed by atoms with Crippen molar-refractivity contribution in [2.75, 3.05) is 24.2 Å². The van der Waals surface area contributed by atoms with Gasteiger partial charge in [0.1, 0.15) is 12.5 Å². The van der Waals surface area contributed by atoms with Gasteiger partial charge in [0.2, 0.25) is 0 Å². The number of hydrogen-bond acceptors (Lipinski definition) is 7. The van der Waals surface area contributed by atoms with Crippen molar-refractivity contribution in [3.05, 3.63) is 41.5 Å². The molecule has 3 N–H and O–H groups in total. The van der Waals surface area contributed by atoms with Gasteiger partial charge >= 0.3 is 11.8 Å². The fraction of sp³-hybridized carbons (Fsp3) is 0.519. The van der Waals surface area contributed by atoms with E-state index in [1.54, 1.807) is 15.8 Å². The number of carbonyl (C=O) groups is 2. The highest BCUT2D eigenvalue weighted by Crippen LogP contribution is 2.34. The Morgan fingerprint density at radius 3 is 2.63 bits per heavy atom. The number of nitrogens with one attached hydrogen (secondary N) is 1. The monoisotopic (exact) mass is 537 g/mol. The molecule has 0 bridgehead atoms. The van der Waals surface area contributed by atoms with Crippen LogP contribution < -0.4 is 11.1 Å². The molecule has 0 unspecified atom stereocenters. The van der Waals surface area contributed by atoms with Crippen molar-refractivity contribution >= 4 is 42.3 Å². The lowest BCUT2D eigenvalue weighted by Crippen LogP contribution is -2.46. The first-order valence-electron chi connectivity index (χ1n) is 13.2. The second-order valence-corrected chi connectivity index (χ2v) is 17.2.